The number of rotatable bonds is 1. The van der Waals surface area contributed by atoms with Crippen LogP contribution in [0.15, 0.2) is 0 Å². The van der Waals surface area contributed by atoms with Crippen LogP contribution in [0.2, 0.25) is 0 Å². The maximum Gasteiger partial charge on any atom is 0.324 e. The van der Waals surface area contributed by atoms with Gasteiger partial charge in [0.05, 0.1) is 7.11 Å². The number of ether oxygens (including phenoxy) is 1. The van der Waals surface area contributed by atoms with Gasteiger partial charge in [0.15, 0.2) is 0 Å². The molecule has 0 aromatic carbocycles. The van der Waals surface area contributed by atoms with Crippen LogP contribution in [0.25, 0.3) is 0 Å². The summed E-state index contributed by atoms with van der Waals surface area (Å²) in [4.78, 5) is 11.2. The van der Waals surface area contributed by atoms with Crippen molar-refractivity contribution in [2.45, 2.75) is 44.2 Å². The van der Waals surface area contributed by atoms with Gasteiger partial charge in [-0.25, -0.2) is 5.32 Å². The van der Waals surface area contributed by atoms with Gasteiger partial charge in [-0.3, -0.25) is 4.79 Å². The molecular formula is C10H16NO2. The van der Waals surface area contributed by atoms with Gasteiger partial charge in [-0.2, -0.15) is 0 Å². The van der Waals surface area contributed by atoms with Crippen LogP contribution in [-0.4, -0.2) is 25.2 Å². The minimum absolute atomic E-state index is 0.144. The van der Waals surface area contributed by atoms with Crippen LogP contribution in [0.1, 0.15) is 32.1 Å². The summed E-state index contributed by atoms with van der Waals surface area (Å²) < 4.78 is 4.71. The number of hydrogen-bond donors (Lipinski definition) is 0. The molecular weight excluding hydrogens is 166 g/mol. The largest absolute Gasteiger partial charge is 0.468 e. The van der Waals surface area contributed by atoms with Crippen LogP contribution in [0, 0.1) is 5.92 Å². The second kappa shape index (κ2) is 3.66. The molecule has 0 aromatic rings. The number of carbonyl (C=O) groups is 1. The van der Waals surface area contributed by atoms with Gasteiger partial charge < -0.3 is 4.74 Å². The third kappa shape index (κ3) is 1.70. The fourth-order valence-corrected chi connectivity index (χ4v) is 2.53. The molecule has 3 heteroatoms. The van der Waals surface area contributed by atoms with Crippen LogP contribution in [0.4, 0.5) is 0 Å². The quantitative estimate of drug-likeness (QED) is 0.570. The SMILES string of the molecule is COC(=O)C1CC2CCCCC2[N]1. The molecule has 1 saturated heterocycles. The zero-order valence-electron chi connectivity index (χ0n) is 8.03. The maximum atomic E-state index is 11.2. The molecule has 0 spiro atoms. The Balaban J connectivity index is 1.94. The molecule has 1 aliphatic heterocycles. The lowest BCUT2D eigenvalue weighted by atomic mass is 9.85. The molecule has 3 nitrogen and oxygen atoms in total. The van der Waals surface area contributed by atoms with Gasteiger partial charge in [0.2, 0.25) is 0 Å². The smallest absolute Gasteiger partial charge is 0.324 e. The van der Waals surface area contributed by atoms with E-state index in [1.54, 1.807) is 0 Å². The van der Waals surface area contributed by atoms with Crippen molar-refractivity contribution in [3.63, 3.8) is 0 Å². The third-order valence-electron chi connectivity index (χ3n) is 3.24. The first-order valence-corrected chi connectivity index (χ1v) is 5.09. The summed E-state index contributed by atoms with van der Waals surface area (Å²) in [5.74, 6) is 0.521. The Bertz CT molecular complexity index is 191. The highest BCUT2D eigenvalue weighted by Gasteiger charge is 2.39. The Morgan fingerprint density at radius 3 is 2.85 bits per heavy atom. The van der Waals surface area contributed by atoms with Crippen molar-refractivity contribution >= 4 is 5.97 Å². The number of esters is 1. The van der Waals surface area contributed by atoms with E-state index in [0.717, 1.165) is 6.42 Å². The average molecular weight is 182 g/mol. The molecule has 1 aliphatic carbocycles. The Labute approximate surface area is 78.8 Å². The Hall–Kier alpha value is -0.570. The van der Waals surface area contributed by atoms with Crippen molar-refractivity contribution in [1.82, 2.24) is 5.32 Å². The predicted molar refractivity (Wildman–Crippen MR) is 48.3 cm³/mol. The Kier molecular flexibility index (Phi) is 2.54. The molecule has 2 aliphatic rings. The van der Waals surface area contributed by atoms with E-state index in [0.29, 0.717) is 12.0 Å². The van der Waals surface area contributed by atoms with Gasteiger partial charge in [-0.05, 0) is 25.2 Å². The van der Waals surface area contributed by atoms with Gasteiger partial charge in [0, 0.05) is 6.04 Å². The monoisotopic (exact) mass is 182 g/mol. The van der Waals surface area contributed by atoms with Crippen molar-refractivity contribution < 1.29 is 9.53 Å². The Morgan fingerprint density at radius 2 is 2.15 bits per heavy atom. The van der Waals surface area contributed by atoms with E-state index in [1.807, 2.05) is 0 Å². The standard InChI is InChI=1S/C10H16NO2/c1-13-10(12)9-6-7-4-2-3-5-8(7)11-9/h7-9H,2-6H2,1H3. The van der Waals surface area contributed by atoms with Gasteiger partial charge in [-0.1, -0.05) is 12.8 Å². The fraction of sp³-hybridized carbons (Fsp3) is 0.900. The van der Waals surface area contributed by atoms with Gasteiger partial charge in [0.25, 0.3) is 0 Å². The van der Waals surface area contributed by atoms with Crippen LogP contribution in [-0.2, 0) is 9.53 Å². The van der Waals surface area contributed by atoms with E-state index in [4.69, 9.17) is 4.74 Å². The first kappa shape index (κ1) is 9.00. The molecule has 3 unspecified atom stereocenters. The van der Waals surface area contributed by atoms with Gasteiger partial charge in [-0.15, -0.1) is 0 Å². The molecule has 2 rings (SSSR count). The molecule has 1 heterocycles. The molecule has 73 valence electrons. The van der Waals surface area contributed by atoms with Crippen LogP contribution < -0.4 is 5.32 Å². The summed E-state index contributed by atoms with van der Waals surface area (Å²) in [6.07, 6.45) is 5.94. The lowest BCUT2D eigenvalue weighted by molar-refractivity contribution is -0.142. The highest BCUT2D eigenvalue weighted by atomic mass is 16.5. The fourth-order valence-electron chi connectivity index (χ4n) is 2.53. The molecule has 13 heavy (non-hydrogen) atoms. The van der Waals surface area contributed by atoms with E-state index >= 15 is 0 Å². The normalized spacial score (nSPS) is 38.4. The number of hydrogen-bond acceptors (Lipinski definition) is 2. The van der Waals surface area contributed by atoms with Crippen molar-refractivity contribution in [3.8, 4) is 0 Å². The molecule has 2 fully saturated rings. The van der Waals surface area contributed by atoms with E-state index in [1.165, 1.54) is 32.8 Å². The highest BCUT2D eigenvalue weighted by molar-refractivity contribution is 5.76. The number of methoxy groups -OCH3 is 1. The molecule has 3 atom stereocenters. The first-order chi connectivity index (χ1) is 6.31. The predicted octanol–water partition coefficient (Wildman–Crippen LogP) is 1.09. The van der Waals surface area contributed by atoms with Gasteiger partial charge in [0.1, 0.15) is 6.04 Å². The Morgan fingerprint density at radius 1 is 1.38 bits per heavy atom. The zero-order valence-corrected chi connectivity index (χ0v) is 8.03. The lowest BCUT2D eigenvalue weighted by Gasteiger charge is -2.22. The van der Waals surface area contributed by atoms with Crippen LogP contribution in [0.3, 0.4) is 0 Å². The summed E-state index contributed by atoms with van der Waals surface area (Å²) in [6.45, 7) is 0. The average Bonchev–Trinajstić information content (AvgIpc) is 2.59. The highest BCUT2D eigenvalue weighted by Crippen LogP contribution is 2.34. The maximum absolute atomic E-state index is 11.2. The summed E-state index contributed by atoms with van der Waals surface area (Å²) >= 11 is 0. The molecule has 1 saturated carbocycles. The summed E-state index contributed by atoms with van der Waals surface area (Å²) in [5, 5.41) is 4.51. The van der Waals surface area contributed by atoms with Crippen molar-refractivity contribution in [2.75, 3.05) is 7.11 Å². The third-order valence-corrected chi connectivity index (χ3v) is 3.24. The van der Waals surface area contributed by atoms with E-state index in [-0.39, 0.29) is 12.0 Å². The van der Waals surface area contributed by atoms with Crippen LogP contribution >= 0.6 is 0 Å². The topological polar surface area (TPSA) is 40.4 Å². The molecule has 0 aromatic heterocycles. The minimum Gasteiger partial charge on any atom is -0.468 e. The van der Waals surface area contributed by atoms with Gasteiger partial charge >= 0.3 is 5.97 Å². The van der Waals surface area contributed by atoms with Crippen LogP contribution in [0.5, 0.6) is 0 Å². The summed E-state index contributed by atoms with van der Waals surface area (Å²) in [7, 11) is 1.44. The minimum atomic E-state index is -0.155. The molecule has 1 radical (unpaired) electrons. The molecule has 0 N–H and O–H groups in total. The molecule has 0 amide bonds. The number of fused-ring (bicyclic) bond motifs is 1. The second-order valence-electron chi connectivity index (χ2n) is 4.04. The van der Waals surface area contributed by atoms with Crippen molar-refractivity contribution in [1.29, 1.82) is 0 Å². The van der Waals surface area contributed by atoms with Crippen molar-refractivity contribution in [2.24, 2.45) is 5.92 Å². The number of nitrogens with zero attached hydrogens (tertiary/aromatic N) is 1. The first-order valence-electron chi connectivity index (χ1n) is 5.09. The van der Waals surface area contributed by atoms with E-state index in [2.05, 4.69) is 5.32 Å². The summed E-state index contributed by atoms with van der Waals surface area (Å²) in [6, 6.07) is 0.302. The zero-order chi connectivity index (χ0) is 9.26. The van der Waals surface area contributed by atoms with Crippen molar-refractivity contribution in [3.05, 3.63) is 0 Å². The lowest BCUT2D eigenvalue weighted by Crippen LogP contribution is -2.31. The summed E-state index contributed by atoms with van der Waals surface area (Å²) in [5.41, 5.74) is 0. The molecule has 0 bridgehead atoms. The van der Waals surface area contributed by atoms with E-state index in [9.17, 15) is 4.79 Å². The number of carbonyl (C=O) groups excluding carboxylic acids is 1. The second-order valence-corrected chi connectivity index (χ2v) is 4.04. The van der Waals surface area contributed by atoms with E-state index < -0.39 is 0 Å².